The van der Waals surface area contributed by atoms with E-state index in [9.17, 15) is 0 Å². The summed E-state index contributed by atoms with van der Waals surface area (Å²) in [6, 6.07) is 8.77. The number of guanidine groups is 1. The molecule has 2 N–H and O–H groups in total. The minimum atomic E-state index is 0.242. The van der Waals surface area contributed by atoms with Gasteiger partial charge in [0, 0.05) is 38.1 Å². The zero-order valence-corrected chi connectivity index (χ0v) is 19.6. The van der Waals surface area contributed by atoms with E-state index in [0.717, 1.165) is 69.7 Å². The second-order valence-electron chi connectivity index (χ2n) is 8.07. The largest absolute Gasteiger partial charge is 0.497 e. The average Bonchev–Trinajstić information content (AvgIpc) is 3.31. The molecule has 0 bridgehead atoms. The molecule has 0 spiro atoms. The van der Waals surface area contributed by atoms with Crippen molar-refractivity contribution < 1.29 is 9.47 Å². The van der Waals surface area contributed by atoms with Crippen LogP contribution < -0.4 is 15.4 Å². The quantitative estimate of drug-likeness (QED) is 0.459. The van der Waals surface area contributed by atoms with Crippen LogP contribution in [0.5, 0.6) is 5.75 Å². The number of hydrogen-bond donors (Lipinski definition) is 2. The molecule has 2 heterocycles. The Morgan fingerprint density at radius 3 is 2.70 bits per heavy atom. The first-order valence-corrected chi connectivity index (χ1v) is 12.2. The van der Waals surface area contributed by atoms with Crippen molar-refractivity contribution in [2.75, 3.05) is 59.3 Å². The Bertz CT molecular complexity index is 667. The average molecular weight is 435 g/mol. The lowest BCUT2D eigenvalue weighted by atomic mass is 9.99. The van der Waals surface area contributed by atoms with Gasteiger partial charge in [-0.25, -0.2) is 0 Å². The van der Waals surface area contributed by atoms with Crippen molar-refractivity contribution in [3.05, 3.63) is 29.8 Å². The van der Waals surface area contributed by atoms with Gasteiger partial charge < -0.3 is 20.1 Å². The second-order valence-corrected chi connectivity index (χ2v) is 9.80. The number of methoxy groups -OCH3 is 1. The summed E-state index contributed by atoms with van der Waals surface area (Å²) >= 11 is 2.05. The molecule has 3 rings (SSSR count). The van der Waals surface area contributed by atoms with E-state index in [-0.39, 0.29) is 4.75 Å². The van der Waals surface area contributed by atoms with Gasteiger partial charge in [-0.1, -0.05) is 19.1 Å². The maximum atomic E-state index is 5.61. The van der Waals surface area contributed by atoms with Crippen molar-refractivity contribution in [1.29, 1.82) is 0 Å². The molecule has 0 aliphatic carbocycles. The van der Waals surface area contributed by atoms with Crippen LogP contribution in [-0.2, 0) is 4.74 Å². The number of nitrogens with one attached hydrogen (secondary N) is 2. The molecule has 1 aromatic carbocycles. The van der Waals surface area contributed by atoms with Crippen molar-refractivity contribution in [1.82, 2.24) is 15.5 Å². The molecule has 0 aromatic heterocycles. The predicted octanol–water partition coefficient (Wildman–Crippen LogP) is 3.30. The van der Waals surface area contributed by atoms with Crippen molar-refractivity contribution in [3.8, 4) is 5.75 Å². The smallest absolute Gasteiger partial charge is 0.191 e. The Morgan fingerprint density at radius 2 is 2.03 bits per heavy atom. The standard InChI is InChI=1S/C23H38N4O2S/c1-4-30-23(10-14-29-15-11-23)18-26-22(24-2)25-17-21(27-12-5-6-13-27)19-8-7-9-20(16-19)28-3/h7-9,16,21H,4-6,10-15,17-18H2,1-3H3,(H2,24,25,26). The van der Waals surface area contributed by atoms with Gasteiger partial charge in [-0.05, 0) is 62.2 Å². The van der Waals surface area contributed by atoms with Gasteiger partial charge in [0.2, 0.25) is 0 Å². The number of likely N-dealkylation sites (tertiary alicyclic amines) is 1. The molecule has 1 atom stereocenters. The lowest BCUT2D eigenvalue weighted by Crippen LogP contribution is -2.49. The summed E-state index contributed by atoms with van der Waals surface area (Å²) in [6.07, 6.45) is 4.73. The third-order valence-corrected chi connectivity index (χ3v) is 7.63. The molecule has 2 aliphatic heterocycles. The molecule has 1 unspecified atom stereocenters. The lowest BCUT2D eigenvalue weighted by Gasteiger charge is -2.37. The van der Waals surface area contributed by atoms with Crippen LogP contribution in [0.1, 0.15) is 44.2 Å². The number of aliphatic imine (C=N–C) groups is 1. The molecule has 30 heavy (non-hydrogen) atoms. The number of nitrogens with zero attached hydrogens (tertiary/aromatic N) is 2. The highest BCUT2D eigenvalue weighted by Crippen LogP contribution is 2.34. The Hall–Kier alpha value is -1.44. The predicted molar refractivity (Wildman–Crippen MR) is 127 cm³/mol. The van der Waals surface area contributed by atoms with Gasteiger partial charge >= 0.3 is 0 Å². The first kappa shape index (κ1) is 23.2. The summed E-state index contributed by atoms with van der Waals surface area (Å²) in [5, 5.41) is 7.20. The van der Waals surface area contributed by atoms with E-state index in [1.165, 1.54) is 18.4 Å². The van der Waals surface area contributed by atoms with Gasteiger partial charge in [-0.3, -0.25) is 9.89 Å². The number of benzene rings is 1. The van der Waals surface area contributed by atoms with E-state index in [1.807, 2.05) is 13.1 Å². The summed E-state index contributed by atoms with van der Waals surface area (Å²) in [4.78, 5) is 7.07. The SMILES string of the molecule is CCSC1(CNC(=NC)NCC(c2cccc(OC)c2)N2CCCC2)CCOCC1. The molecule has 0 amide bonds. The topological polar surface area (TPSA) is 58.1 Å². The monoisotopic (exact) mass is 434 g/mol. The van der Waals surface area contributed by atoms with E-state index in [1.54, 1.807) is 7.11 Å². The summed E-state index contributed by atoms with van der Waals surface area (Å²) in [6.45, 7) is 7.98. The fourth-order valence-electron chi connectivity index (χ4n) is 4.44. The van der Waals surface area contributed by atoms with Crippen LogP contribution in [0.25, 0.3) is 0 Å². The third kappa shape index (κ3) is 6.28. The maximum absolute atomic E-state index is 5.61. The van der Waals surface area contributed by atoms with E-state index in [2.05, 4.69) is 57.4 Å². The minimum absolute atomic E-state index is 0.242. The second kappa shape index (κ2) is 11.8. The molecule has 168 valence electrons. The van der Waals surface area contributed by atoms with Gasteiger partial charge in [0.25, 0.3) is 0 Å². The molecular formula is C23H38N4O2S. The molecule has 0 radical (unpaired) electrons. The highest BCUT2D eigenvalue weighted by molar-refractivity contribution is 8.00. The van der Waals surface area contributed by atoms with Crippen LogP contribution in [0.2, 0.25) is 0 Å². The summed E-state index contributed by atoms with van der Waals surface area (Å²) in [5.41, 5.74) is 1.29. The molecule has 2 saturated heterocycles. The highest BCUT2D eigenvalue weighted by Gasteiger charge is 2.33. The van der Waals surface area contributed by atoms with Crippen LogP contribution in [-0.4, -0.2) is 74.9 Å². The van der Waals surface area contributed by atoms with Crippen molar-refractivity contribution >= 4 is 17.7 Å². The van der Waals surface area contributed by atoms with E-state index in [0.29, 0.717) is 6.04 Å². The molecule has 2 fully saturated rings. The van der Waals surface area contributed by atoms with Crippen LogP contribution in [0.4, 0.5) is 0 Å². The Kier molecular flexibility index (Phi) is 9.15. The fraction of sp³-hybridized carbons (Fsp3) is 0.696. The van der Waals surface area contributed by atoms with Gasteiger partial charge in [0.1, 0.15) is 5.75 Å². The van der Waals surface area contributed by atoms with E-state index in [4.69, 9.17) is 9.47 Å². The first-order valence-electron chi connectivity index (χ1n) is 11.2. The Labute approximate surface area is 186 Å². The fourth-order valence-corrected chi connectivity index (χ4v) is 5.68. The van der Waals surface area contributed by atoms with Crippen LogP contribution in [0.15, 0.2) is 29.3 Å². The van der Waals surface area contributed by atoms with Crippen LogP contribution in [0.3, 0.4) is 0 Å². The first-order chi connectivity index (χ1) is 14.7. The third-order valence-electron chi connectivity index (χ3n) is 6.18. The molecule has 6 nitrogen and oxygen atoms in total. The molecule has 7 heteroatoms. The number of thioether (sulfide) groups is 1. The van der Waals surface area contributed by atoms with Gasteiger partial charge in [0.05, 0.1) is 13.2 Å². The van der Waals surface area contributed by atoms with E-state index < -0.39 is 0 Å². The van der Waals surface area contributed by atoms with Gasteiger partial charge in [-0.2, -0.15) is 11.8 Å². The summed E-state index contributed by atoms with van der Waals surface area (Å²) in [5.74, 6) is 2.92. The summed E-state index contributed by atoms with van der Waals surface area (Å²) in [7, 11) is 3.59. The normalized spacial score (nSPS) is 20.7. The van der Waals surface area contributed by atoms with Gasteiger partial charge in [-0.15, -0.1) is 0 Å². The van der Waals surface area contributed by atoms with Crippen LogP contribution in [0, 0.1) is 0 Å². The highest BCUT2D eigenvalue weighted by atomic mass is 32.2. The van der Waals surface area contributed by atoms with Crippen molar-refractivity contribution in [3.63, 3.8) is 0 Å². The molecule has 0 saturated carbocycles. The van der Waals surface area contributed by atoms with Crippen molar-refractivity contribution in [2.45, 2.75) is 43.4 Å². The zero-order valence-electron chi connectivity index (χ0n) is 18.8. The summed E-state index contributed by atoms with van der Waals surface area (Å²) < 4.78 is 11.3. The zero-order chi connectivity index (χ0) is 21.2. The Balaban J connectivity index is 1.62. The van der Waals surface area contributed by atoms with Crippen molar-refractivity contribution in [2.24, 2.45) is 4.99 Å². The number of hydrogen-bond acceptors (Lipinski definition) is 5. The molecule has 2 aliphatic rings. The van der Waals surface area contributed by atoms with Crippen LogP contribution >= 0.6 is 11.8 Å². The minimum Gasteiger partial charge on any atom is -0.497 e. The molecule has 1 aromatic rings. The lowest BCUT2D eigenvalue weighted by molar-refractivity contribution is 0.0782. The molecular weight excluding hydrogens is 396 g/mol. The maximum Gasteiger partial charge on any atom is 0.191 e. The van der Waals surface area contributed by atoms with Gasteiger partial charge in [0.15, 0.2) is 5.96 Å². The Morgan fingerprint density at radius 1 is 1.27 bits per heavy atom. The van der Waals surface area contributed by atoms with E-state index >= 15 is 0 Å². The number of rotatable bonds is 9. The number of ether oxygens (including phenoxy) is 2.